The molecule has 1 aliphatic rings. The van der Waals surface area contributed by atoms with Gasteiger partial charge in [-0.1, -0.05) is 133 Å². The molecule has 0 amide bonds. The van der Waals surface area contributed by atoms with Crippen molar-refractivity contribution in [3.05, 3.63) is 149 Å². The van der Waals surface area contributed by atoms with E-state index >= 15 is 0 Å². The fourth-order valence-electron chi connectivity index (χ4n) is 6.18. The molecule has 0 spiro atoms. The fraction of sp³-hybridized carbons (Fsp3) is 0.0476. The van der Waals surface area contributed by atoms with Crippen LogP contribution < -0.4 is 14.7 Å². The van der Waals surface area contributed by atoms with Gasteiger partial charge < -0.3 is 0 Å². The van der Waals surface area contributed by atoms with Gasteiger partial charge in [0.05, 0.1) is 5.69 Å². The molecule has 7 nitrogen and oxygen atoms in total. The molecule has 5 aromatic carbocycles. The summed E-state index contributed by atoms with van der Waals surface area (Å²) in [6.07, 6.45) is 6.77. The first-order chi connectivity index (χ1) is 24.8. The third kappa shape index (κ3) is 5.71. The van der Waals surface area contributed by atoms with E-state index in [2.05, 4.69) is 30.4 Å². The molecular weight excluding hydrogens is 635 g/mol. The van der Waals surface area contributed by atoms with Crippen LogP contribution in [0.1, 0.15) is 12.8 Å². The molecular formula is C42H29N7S. The first kappa shape index (κ1) is 29.7. The van der Waals surface area contributed by atoms with Gasteiger partial charge in [-0.25, -0.2) is 14.9 Å². The summed E-state index contributed by atoms with van der Waals surface area (Å²) < 4.78 is 2.54. The van der Waals surface area contributed by atoms with E-state index in [1.807, 2.05) is 138 Å². The SMILES string of the molecule is C1=c2sc3ccc(N(c4nc(-c5ccccc5)nc(-c5ccccc5)n4)c4nc(-c5ccccc5)nc(-c5ccccc5)n4)cc3c2=CCC1. The minimum Gasteiger partial charge on any atom is -0.246 e. The Morgan fingerprint density at radius 1 is 0.440 bits per heavy atom. The van der Waals surface area contributed by atoms with E-state index in [1.165, 1.54) is 19.8 Å². The second-order valence-electron chi connectivity index (χ2n) is 11.9. The van der Waals surface area contributed by atoms with E-state index in [9.17, 15) is 0 Å². The van der Waals surface area contributed by atoms with Crippen LogP contribution in [-0.4, -0.2) is 29.9 Å². The van der Waals surface area contributed by atoms with Crippen molar-refractivity contribution < 1.29 is 0 Å². The third-order valence-electron chi connectivity index (χ3n) is 8.62. The summed E-state index contributed by atoms with van der Waals surface area (Å²) in [6.45, 7) is 0. The van der Waals surface area contributed by atoms with Gasteiger partial charge in [-0.15, -0.1) is 11.3 Å². The van der Waals surface area contributed by atoms with Gasteiger partial charge in [-0.05, 0) is 36.3 Å². The zero-order chi connectivity index (χ0) is 33.3. The highest BCUT2D eigenvalue weighted by Crippen LogP contribution is 2.36. The Kier molecular flexibility index (Phi) is 7.68. The number of benzene rings is 5. The lowest BCUT2D eigenvalue weighted by Crippen LogP contribution is -2.21. The molecule has 50 heavy (non-hydrogen) atoms. The summed E-state index contributed by atoms with van der Waals surface area (Å²) in [6, 6.07) is 46.5. The number of thiophene rings is 1. The maximum Gasteiger partial charge on any atom is 0.241 e. The van der Waals surface area contributed by atoms with Crippen LogP contribution in [0.15, 0.2) is 140 Å². The van der Waals surface area contributed by atoms with Crippen molar-refractivity contribution in [1.29, 1.82) is 0 Å². The third-order valence-corrected chi connectivity index (χ3v) is 9.80. The first-order valence-corrected chi connectivity index (χ1v) is 17.4. The van der Waals surface area contributed by atoms with Gasteiger partial charge >= 0.3 is 0 Å². The van der Waals surface area contributed by atoms with Crippen molar-refractivity contribution in [2.75, 3.05) is 4.90 Å². The molecule has 238 valence electrons. The standard InChI is InChI=1S/C42H29N7S/c1-5-15-28(16-6-1)37-43-38(29-17-7-2-8-18-29)46-41(45-37)49(32-25-26-36-34(27-32)33-23-13-14-24-35(33)50-36)42-47-39(30-19-9-3-10-20-30)44-40(48-42)31-21-11-4-12-22-31/h1-12,15-27H,13-14H2. The van der Waals surface area contributed by atoms with Crippen LogP contribution >= 0.6 is 11.3 Å². The van der Waals surface area contributed by atoms with Gasteiger partial charge in [0, 0.05) is 36.9 Å². The Bertz CT molecular complexity index is 2350. The van der Waals surface area contributed by atoms with Crippen LogP contribution in [0.5, 0.6) is 0 Å². The lowest BCUT2D eigenvalue weighted by atomic mass is 10.1. The minimum absolute atomic E-state index is 0.404. The van der Waals surface area contributed by atoms with Crippen LogP contribution in [0.3, 0.4) is 0 Å². The van der Waals surface area contributed by atoms with Crippen LogP contribution in [0, 0.1) is 0 Å². The number of hydrogen-bond donors (Lipinski definition) is 0. The highest BCUT2D eigenvalue weighted by atomic mass is 32.1. The molecule has 9 rings (SSSR count). The van der Waals surface area contributed by atoms with Crippen molar-refractivity contribution >= 4 is 51.2 Å². The Labute approximate surface area is 292 Å². The summed E-state index contributed by atoms with van der Waals surface area (Å²) in [5.41, 5.74) is 4.36. The van der Waals surface area contributed by atoms with E-state index in [0.717, 1.165) is 40.8 Å². The average Bonchev–Trinajstić information content (AvgIpc) is 3.57. The number of anilines is 3. The molecule has 3 aromatic heterocycles. The summed E-state index contributed by atoms with van der Waals surface area (Å²) >= 11 is 1.82. The van der Waals surface area contributed by atoms with Crippen molar-refractivity contribution in [3.8, 4) is 45.6 Å². The maximum absolute atomic E-state index is 5.13. The van der Waals surface area contributed by atoms with Gasteiger partial charge in [0.1, 0.15) is 0 Å². The zero-order valence-corrected chi connectivity index (χ0v) is 27.7. The van der Waals surface area contributed by atoms with Crippen molar-refractivity contribution in [2.24, 2.45) is 0 Å². The van der Waals surface area contributed by atoms with Crippen LogP contribution in [0.2, 0.25) is 0 Å². The topological polar surface area (TPSA) is 80.6 Å². The molecule has 1 aliphatic carbocycles. The predicted octanol–water partition coefficient (Wildman–Crippen LogP) is 8.76. The molecule has 8 aromatic rings. The van der Waals surface area contributed by atoms with Crippen molar-refractivity contribution in [3.63, 3.8) is 0 Å². The Balaban J connectivity index is 1.34. The second-order valence-corrected chi connectivity index (χ2v) is 13.0. The minimum atomic E-state index is 0.404. The van der Waals surface area contributed by atoms with Gasteiger partial charge in [-0.3, -0.25) is 0 Å². The second kappa shape index (κ2) is 12.9. The Morgan fingerprint density at radius 2 is 0.860 bits per heavy atom. The van der Waals surface area contributed by atoms with Crippen molar-refractivity contribution in [1.82, 2.24) is 29.9 Å². The van der Waals surface area contributed by atoms with E-state index < -0.39 is 0 Å². The van der Waals surface area contributed by atoms with Crippen LogP contribution in [0.4, 0.5) is 17.6 Å². The lowest BCUT2D eigenvalue weighted by Gasteiger charge is -2.23. The number of aromatic nitrogens is 6. The van der Waals surface area contributed by atoms with Gasteiger partial charge in [-0.2, -0.15) is 19.9 Å². The molecule has 0 unspecified atom stereocenters. The van der Waals surface area contributed by atoms with Crippen molar-refractivity contribution in [2.45, 2.75) is 12.8 Å². The highest BCUT2D eigenvalue weighted by molar-refractivity contribution is 7.17. The van der Waals surface area contributed by atoms with E-state index in [0.29, 0.717) is 35.2 Å². The van der Waals surface area contributed by atoms with E-state index in [-0.39, 0.29) is 0 Å². The summed E-state index contributed by atoms with van der Waals surface area (Å²) in [5.74, 6) is 3.02. The molecule has 0 radical (unpaired) electrons. The van der Waals surface area contributed by atoms with Gasteiger partial charge in [0.15, 0.2) is 23.3 Å². The Hall–Kier alpha value is -6.38. The fourth-order valence-corrected chi connectivity index (χ4v) is 7.34. The molecule has 3 heterocycles. The molecule has 0 aliphatic heterocycles. The molecule has 8 heteroatoms. The van der Waals surface area contributed by atoms with Gasteiger partial charge in [0.25, 0.3) is 0 Å². The first-order valence-electron chi connectivity index (χ1n) is 16.5. The highest BCUT2D eigenvalue weighted by Gasteiger charge is 2.24. The quantitative estimate of drug-likeness (QED) is 0.169. The maximum atomic E-state index is 5.13. The molecule has 0 atom stereocenters. The Morgan fingerprint density at radius 3 is 1.30 bits per heavy atom. The normalized spacial score (nSPS) is 12.2. The molecule has 0 fully saturated rings. The summed E-state index contributed by atoms with van der Waals surface area (Å²) in [5, 5.41) is 2.46. The largest absolute Gasteiger partial charge is 0.246 e. The molecule has 0 saturated carbocycles. The summed E-state index contributed by atoms with van der Waals surface area (Å²) in [4.78, 5) is 32.4. The van der Waals surface area contributed by atoms with Gasteiger partial charge in [0.2, 0.25) is 11.9 Å². The number of rotatable bonds is 7. The van der Waals surface area contributed by atoms with Crippen LogP contribution in [-0.2, 0) is 0 Å². The predicted molar refractivity (Wildman–Crippen MR) is 202 cm³/mol. The smallest absolute Gasteiger partial charge is 0.241 e. The van der Waals surface area contributed by atoms with Crippen LogP contribution in [0.25, 0.3) is 67.8 Å². The lowest BCUT2D eigenvalue weighted by molar-refractivity contribution is 0.965. The summed E-state index contributed by atoms with van der Waals surface area (Å²) in [7, 11) is 0. The molecule has 0 N–H and O–H groups in total. The molecule has 0 saturated heterocycles. The number of fused-ring (bicyclic) bond motifs is 3. The van der Waals surface area contributed by atoms with E-state index in [1.54, 1.807) is 0 Å². The number of nitrogens with zero attached hydrogens (tertiary/aromatic N) is 7. The zero-order valence-electron chi connectivity index (χ0n) is 26.9. The average molecular weight is 664 g/mol. The number of hydrogen-bond acceptors (Lipinski definition) is 8. The monoisotopic (exact) mass is 663 g/mol. The van der Waals surface area contributed by atoms with E-state index in [4.69, 9.17) is 29.9 Å². The molecule has 0 bridgehead atoms.